The standard InChI is InChI=1S/C23H21ClN4O2S2/c1-3-19(21(29)26-18-12-15(24)8-7-14(18)2)32-23-27-17-9-11-31-20(17)22(30)28(23)13-16-6-4-5-10-25-16/h4-12,19H,3,13H2,1-2H3,(H,26,29)/t19-/m1/s1. The third-order valence-corrected chi connectivity index (χ3v) is 7.43. The first-order valence-electron chi connectivity index (χ1n) is 10.1. The van der Waals surface area contributed by atoms with Crippen LogP contribution in [-0.4, -0.2) is 25.7 Å². The third kappa shape index (κ3) is 4.87. The van der Waals surface area contributed by atoms with Crippen molar-refractivity contribution in [2.75, 3.05) is 5.32 Å². The fourth-order valence-electron chi connectivity index (χ4n) is 3.20. The number of anilines is 1. The van der Waals surface area contributed by atoms with Crippen molar-refractivity contribution in [3.8, 4) is 0 Å². The summed E-state index contributed by atoms with van der Waals surface area (Å²) in [5.74, 6) is -0.160. The summed E-state index contributed by atoms with van der Waals surface area (Å²) in [4.78, 5) is 35.3. The van der Waals surface area contributed by atoms with Crippen molar-refractivity contribution in [3.05, 3.63) is 80.7 Å². The maximum atomic E-state index is 13.2. The molecule has 0 fully saturated rings. The molecule has 32 heavy (non-hydrogen) atoms. The molecule has 164 valence electrons. The number of benzene rings is 1. The van der Waals surface area contributed by atoms with Crippen molar-refractivity contribution >= 4 is 56.5 Å². The Morgan fingerprint density at radius 1 is 1.28 bits per heavy atom. The number of hydrogen-bond donors (Lipinski definition) is 1. The van der Waals surface area contributed by atoms with Crippen molar-refractivity contribution in [1.29, 1.82) is 0 Å². The summed E-state index contributed by atoms with van der Waals surface area (Å²) in [5, 5.41) is 5.43. The van der Waals surface area contributed by atoms with Crippen LogP contribution in [0.1, 0.15) is 24.6 Å². The Balaban J connectivity index is 1.66. The molecule has 1 atom stereocenters. The SMILES string of the molecule is CC[C@@H](Sc1nc2ccsc2c(=O)n1Cc1ccccn1)C(=O)Nc1cc(Cl)ccc1C. The van der Waals surface area contributed by atoms with Crippen LogP contribution in [0.4, 0.5) is 5.69 Å². The Labute approximate surface area is 198 Å². The van der Waals surface area contributed by atoms with E-state index < -0.39 is 5.25 Å². The zero-order chi connectivity index (χ0) is 22.7. The molecule has 0 aliphatic rings. The van der Waals surface area contributed by atoms with Gasteiger partial charge < -0.3 is 5.32 Å². The largest absolute Gasteiger partial charge is 0.325 e. The second-order valence-corrected chi connectivity index (χ2v) is 9.73. The zero-order valence-electron chi connectivity index (χ0n) is 17.5. The highest BCUT2D eigenvalue weighted by Crippen LogP contribution is 2.28. The molecule has 0 saturated carbocycles. The lowest BCUT2D eigenvalue weighted by molar-refractivity contribution is -0.115. The molecule has 0 radical (unpaired) electrons. The lowest BCUT2D eigenvalue weighted by Crippen LogP contribution is -2.28. The molecule has 1 aromatic carbocycles. The molecule has 0 unspecified atom stereocenters. The quantitative estimate of drug-likeness (QED) is 0.282. The number of aryl methyl sites for hydroxylation is 1. The minimum Gasteiger partial charge on any atom is -0.325 e. The molecule has 0 bridgehead atoms. The first-order valence-corrected chi connectivity index (χ1v) is 12.2. The molecule has 0 aliphatic carbocycles. The van der Waals surface area contributed by atoms with Crippen molar-refractivity contribution in [3.63, 3.8) is 0 Å². The average molecular weight is 485 g/mol. The first kappa shape index (κ1) is 22.5. The van der Waals surface area contributed by atoms with E-state index in [0.29, 0.717) is 32.5 Å². The maximum Gasteiger partial charge on any atom is 0.272 e. The molecule has 4 rings (SSSR count). The second-order valence-electron chi connectivity index (χ2n) is 7.20. The number of fused-ring (bicyclic) bond motifs is 1. The number of amides is 1. The van der Waals surface area contributed by atoms with Gasteiger partial charge in [0.05, 0.1) is 23.0 Å². The number of nitrogens with zero attached hydrogens (tertiary/aromatic N) is 3. The number of rotatable bonds is 7. The molecule has 0 saturated heterocycles. The highest BCUT2D eigenvalue weighted by Gasteiger charge is 2.23. The average Bonchev–Trinajstić information content (AvgIpc) is 3.26. The van der Waals surface area contributed by atoms with Crippen LogP contribution >= 0.6 is 34.7 Å². The Morgan fingerprint density at radius 2 is 2.12 bits per heavy atom. The zero-order valence-corrected chi connectivity index (χ0v) is 19.9. The summed E-state index contributed by atoms with van der Waals surface area (Å²) >= 11 is 8.75. The minimum atomic E-state index is -0.439. The van der Waals surface area contributed by atoms with Crippen LogP contribution in [-0.2, 0) is 11.3 Å². The third-order valence-electron chi connectivity index (χ3n) is 4.95. The van der Waals surface area contributed by atoms with Gasteiger partial charge in [0, 0.05) is 16.9 Å². The summed E-state index contributed by atoms with van der Waals surface area (Å²) in [5.41, 5.74) is 2.86. The van der Waals surface area contributed by atoms with Crippen LogP contribution in [0.5, 0.6) is 0 Å². The molecule has 0 aliphatic heterocycles. The summed E-state index contributed by atoms with van der Waals surface area (Å²) in [6.45, 7) is 4.14. The summed E-state index contributed by atoms with van der Waals surface area (Å²) in [6, 6.07) is 12.8. The summed E-state index contributed by atoms with van der Waals surface area (Å²) in [6.07, 6.45) is 2.26. The van der Waals surface area contributed by atoms with Gasteiger partial charge in [-0.2, -0.15) is 0 Å². The lowest BCUT2D eigenvalue weighted by Gasteiger charge is -2.18. The highest BCUT2D eigenvalue weighted by molar-refractivity contribution is 8.00. The Kier molecular flexibility index (Phi) is 6.93. The van der Waals surface area contributed by atoms with Crippen LogP contribution in [0.15, 0.2) is 64.0 Å². The first-order chi connectivity index (χ1) is 15.5. The number of thiophene rings is 1. The number of thioether (sulfide) groups is 1. The lowest BCUT2D eigenvalue weighted by atomic mass is 10.2. The van der Waals surface area contributed by atoms with Crippen LogP contribution < -0.4 is 10.9 Å². The van der Waals surface area contributed by atoms with E-state index in [2.05, 4.69) is 10.3 Å². The van der Waals surface area contributed by atoms with Gasteiger partial charge in [-0.05, 0) is 54.6 Å². The molecule has 3 heterocycles. The number of pyridine rings is 1. The number of aromatic nitrogens is 3. The van der Waals surface area contributed by atoms with E-state index in [1.54, 1.807) is 22.9 Å². The fourth-order valence-corrected chi connectivity index (χ4v) is 5.16. The van der Waals surface area contributed by atoms with Crippen molar-refractivity contribution in [1.82, 2.24) is 14.5 Å². The van der Waals surface area contributed by atoms with Gasteiger partial charge in [0.2, 0.25) is 5.91 Å². The Hall–Kier alpha value is -2.68. The van der Waals surface area contributed by atoms with E-state index >= 15 is 0 Å². The summed E-state index contributed by atoms with van der Waals surface area (Å²) < 4.78 is 2.20. The van der Waals surface area contributed by atoms with E-state index in [1.807, 2.05) is 49.6 Å². The van der Waals surface area contributed by atoms with Gasteiger partial charge in [-0.15, -0.1) is 11.3 Å². The highest BCUT2D eigenvalue weighted by atomic mass is 35.5. The van der Waals surface area contributed by atoms with E-state index in [4.69, 9.17) is 16.6 Å². The molecule has 1 amide bonds. The number of carbonyl (C=O) groups excluding carboxylic acids is 1. The van der Waals surface area contributed by atoms with E-state index in [9.17, 15) is 9.59 Å². The molecule has 1 N–H and O–H groups in total. The number of halogens is 1. The van der Waals surface area contributed by atoms with E-state index in [0.717, 1.165) is 11.3 Å². The normalized spacial score (nSPS) is 12.1. The van der Waals surface area contributed by atoms with Crippen LogP contribution in [0, 0.1) is 6.92 Å². The molecule has 6 nitrogen and oxygen atoms in total. The van der Waals surface area contributed by atoms with Gasteiger partial charge in [0.1, 0.15) is 4.70 Å². The maximum absolute atomic E-state index is 13.2. The van der Waals surface area contributed by atoms with E-state index in [1.165, 1.54) is 23.1 Å². The Bertz CT molecular complexity index is 1320. The van der Waals surface area contributed by atoms with Crippen molar-refractivity contribution in [2.24, 2.45) is 0 Å². The molecule has 3 aromatic heterocycles. The summed E-state index contributed by atoms with van der Waals surface area (Å²) in [7, 11) is 0. The second kappa shape index (κ2) is 9.85. The van der Waals surface area contributed by atoms with Crippen LogP contribution in [0.25, 0.3) is 10.2 Å². The van der Waals surface area contributed by atoms with Crippen molar-refractivity contribution < 1.29 is 4.79 Å². The predicted octanol–water partition coefficient (Wildman–Crippen LogP) is 5.37. The number of nitrogens with one attached hydrogen (secondary N) is 1. The Morgan fingerprint density at radius 3 is 2.88 bits per heavy atom. The van der Waals surface area contributed by atoms with Gasteiger partial charge in [-0.3, -0.25) is 19.1 Å². The topological polar surface area (TPSA) is 76.9 Å². The van der Waals surface area contributed by atoms with Gasteiger partial charge in [0.15, 0.2) is 5.16 Å². The van der Waals surface area contributed by atoms with Crippen molar-refractivity contribution in [2.45, 2.75) is 37.2 Å². The fraction of sp³-hybridized carbons (Fsp3) is 0.217. The van der Waals surface area contributed by atoms with E-state index in [-0.39, 0.29) is 18.0 Å². The predicted molar refractivity (Wildman–Crippen MR) is 132 cm³/mol. The molecule has 4 aromatic rings. The van der Waals surface area contributed by atoms with Gasteiger partial charge in [-0.25, -0.2) is 4.98 Å². The van der Waals surface area contributed by atoms with Gasteiger partial charge >= 0.3 is 0 Å². The molecular formula is C23H21ClN4O2S2. The minimum absolute atomic E-state index is 0.126. The smallest absolute Gasteiger partial charge is 0.272 e. The van der Waals surface area contributed by atoms with Gasteiger partial charge in [-0.1, -0.05) is 42.4 Å². The van der Waals surface area contributed by atoms with Gasteiger partial charge in [0.25, 0.3) is 5.56 Å². The number of carbonyl (C=O) groups is 1. The molecular weight excluding hydrogens is 464 g/mol. The molecule has 0 spiro atoms. The van der Waals surface area contributed by atoms with Crippen LogP contribution in [0.2, 0.25) is 5.02 Å². The number of hydrogen-bond acceptors (Lipinski definition) is 6. The van der Waals surface area contributed by atoms with Crippen LogP contribution in [0.3, 0.4) is 0 Å². The molecule has 9 heteroatoms. The monoisotopic (exact) mass is 484 g/mol.